The second-order valence-corrected chi connectivity index (χ2v) is 6.20. The minimum absolute atomic E-state index is 0. The lowest BCUT2D eigenvalue weighted by atomic mass is 10.2. The predicted octanol–water partition coefficient (Wildman–Crippen LogP) is 3.96. The quantitative estimate of drug-likeness (QED) is 0.333. The summed E-state index contributed by atoms with van der Waals surface area (Å²) in [5.74, 6) is 2.13. The highest BCUT2D eigenvalue weighted by Crippen LogP contribution is 2.30. The highest BCUT2D eigenvalue weighted by molar-refractivity contribution is 14.0. The van der Waals surface area contributed by atoms with Crippen molar-refractivity contribution in [2.45, 2.75) is 26.7 Å². The van der Waals surface area contributed by atoms with Gasteiger partial charge in [-0.2, -0.15) is 0 Å². The zero-order chi connectivity index (χ0) is 18.1. The van der Waals surface area contributed by atoms with Gasteiger partial charge in [-0.3, -0.25) is 4.99 Å². The third-order valence-corrected chi connectivity index (χ3v) is 4.57. The van der Waals surface area contributed by atoms with Crippen LogP contribution in [0.4, 0.5) is 5.69 Å². The normalized spacial score (nSPS) is 10.8. The number of nitrogens with one attached hydrogen (secondary N) is 2. The average molecular weight is 490 g/mol. The fourth-order valence-electron chi connectivity index (χ4n) is 2.27. The molecule has 0 aliphatic rings. The number of rotatable bonds is 8. The number of thiazole rings is 1. The number of benzene rings is 1. The Morgan fingerprint density at radius 3 is 2.69 bits per heavy atom. The highest BCUT2D eigenvalue weighted by Gasteiger charge is 2.07. The molecule has 2 aromatic rings. The maximum absolute atomic E-state index is 5.53. The molecule has 0 aliphatic heterocycles. The second kappa shape index (κ2) is 11.9. The maximum Gasteiger partial charge on any atom is 0.195 e. The van der Waals surface area contributed by atoms with Gasteiger partial charge in [0.1, 0.15) is 0 Å². The maximum atomic E-state index is 5.53. The summed E-state index contributed by atoms with van der Waals surface area (Å²) in [6.07, 6.45) is 1.85. The number of anilines is 1. The Hall–Kier alpha value is -1.55. The van der Waals surface area contributed by atoms with Gasteiger partial charge in [-0.15, -0.1) is 35.3 Å². The van der Waals surface area contributed by atoms with Gasteiger partial charge in [-0.25, -0.2) is 4.98 Å². The number of hydrogen-bond donors (Lipinski definition) is 2. The summed E-state index contributed by atoms with van der Waals surface area (Å²) in [6, 6.07) is 5.72. The molecule has 0 amide bonds. The average Bonchev–Trinajstić information content (AvgIpc) is 3.10. The van der Waals surface area contributed by atoms with Crippen LogP contribution in [0.1, 0.15) is 24.5 Å². The summed E-state index contributed by atoms with van der Waals surface area (Å²) in [5, 5.41) is 9.86. The first-order valence-electron chi connectivity index (χ1n) is 8.41. The van der Waals surface area contributed by atoms with E-state index in [0.29, 0.717) is 18.3 Å². The van der Waals surface area contributed by atoms with Crippen LogP contribution in [0.15, 0.2) is 28.6 Å². The Balaban J connectivity index is 0.00000338. The van der Waals surface area contributed by atoms with Crippen LogP contribution < -0.4 is 20.1 Å². The summed E-state index contributed by atoms with van der Waals surface area (Å²) in [4.78, 5) is 8.83. The Kier molecular flexibility index (Phi) is 10.3. The lowest BCUT2D eigenvalue weighted by Gasteiger charge is -2.14. The van der Waals surface area contributed by atoms with Gasteiger partial charge in [-0.1, -0.05) is 6.92 Å². The summed E-state index contributed by atoms with van der Waals surface area (Å²) in [5.41, 5.74) is 2.00. The molecule has 1 aromatic carbocycles. The smallest absolute Gasteiger partial charge is 0.195 e. The monoisotopic (exact) mass is 490 g/mol. The number of aromatic nitrogens is 1. The van der Waals surface area contributed by atoms with E-state index in [1.807, 2.05) is 25.1 Å². The zero-order valence-corrected chi connectivity index (χ0v) is 18.8. The van der Waals surface area contributed by atoms with E-state index in [9.17, 15) is 0 Å². The summed E-state index contributed by atoms with van der Waals surface area (Å²) < 4.78 is 10.9. The summed E-state index contributed by atoms with van der Waals surface area (Å²) in [6.45, 7) is 5.43. The Bertz CT molecular complexity index is 706. The van der Waals surface area contributed by atoms with E-state index >= 15 is 0 Å². The number of aliphatic imine (C=N–C) groups is 1. The van der Waals surface area contributed by atoms with E-state index in [4.69, 9.17) is 9.47 Å². The fraction of sp³-hybridized carbons (Fsp3) is 0.444. The summed E-state index contributed by atoms with van der Waals surface area (Å²) in [7, 11) is 3.38. The molecule has 0 radical (unpaired) electrons. The number of aryl methyl sites for hydroxylation is 1. The largest absolute Gasteiger partial charge is 0.493 e. The van der Waals surface area contributed by atoms with Crippen LogP contribution in [0, 0.1) is 0 Å². The molecule has 0 fully saturated rings. The van der Waals surface area contributed by atoms with Gasteiger partial charge >= 0.3 is 0 Å². The van der Waals surface area contributed by atoms with E-state index in [1.54, 1.807) is 25.5 Å². The molecule has 8 heteroatoms. The molecule has 0 bridgehead atoms. The molecule has 0 unspecified atom stereocenters. The third kappa shape index (κ3) is 6.64. The van der Waals surface area contributed by atoms with Gasteiger partial charge in [0.05, 0.1) is 24.4 Å². The van der Waals surface area contributed by atoms with E-state index in [-0.39, 0.29) is 24.0 Å². The lowest BCUT2D eigenvalue weighted by Crippen LogP contribution is -2.32. The lowest BCUT2D eigenvalue weighted by molar-refractivity contribution is 0.311. The Labute approximate surface area is 176 Å². The van der Waals surface area contributed by atoms with Crippen LogP contribution in [0.2, 0.25) is 0 Å². The molecule has 0 saturated carbocycles. The van der Waals surface area contributed by atoms with Crippen molar-refractivity contribution in [2.75, 3.05) is 32.6 Å². The number of halogens is 1. The van der Waals surface area contributed by atoms with Gasteiger partial charge in [0, 0.05) is 37.1 Å². The van der Waals surface area contributed by atoms with Crippen molar-refractivity contribution in [2.24, 2.45) is 4.99 Å². The van der Waals surface area contributed by atoms with Crippen molar-refractivity contribution < 1.29 is 9.47 Å². The standard InChI is InChI=1S/C18H26N4O2S.HI/c1-5-17-21-14(12-25-17)9-10-20-18(19-3)22-13-7-8-15(24-6-2)16(11-13)23-4;/h7-8,11-12H,5-6,9-10H2,1-4H3,(H2,19,20,22);1H. The van der Waals surface area contributed by atoms with Crippen LogP contribution in [0.5, 0.6) is 11.5 Å². The van der Waals surface area contributed by atoms with Crippen molar-refractivity contribution in [3.8, 4) is 11.5 Å². The predicted molar refractivity (Wildman–Crippen MR) is 120 cm³/mol. The van der Waals surface area contributed by atoms with Gasteiger partial charge in [0.25, 0.3) is 0 Å². The topological polar surface area (TPSA) is 67.8 Å². The van der Waals surface area contributed by atoms with Crippen molar-refractivity contribution in [1.82, 2.24) is 10.3 Å². The van der Waals surface area contributed by atoms with E-state index in [1.165, 1.54) is 5.01 Å². The van der Waals surface area contributed by atoms with Crippen LogP contribution in [-0.2, 0) is 12.8 Å². The molecule has 0 aliphatic carbocycles. The first-order valence-corrected chi connectivity index (χ1v) is 9.29. The molecule has 0 saturated heterocycles. The van der Waals surface area contributed by atoms with Gasteiger partial charge in [0.15, 0.2) is 17.5 Å². The van der Waals surface area contributed by atoms with Crippen molar-refractivity contribution in [3.63, 3.8) is 0 Å². The van der Waals surface area contributed by atoms with Crippen LogP contribution in [0.3, 0.4) is 0 Å². The third-order valence-electron chi connectivity index (χ3n) is 3.53. The minimum Gasteiger partial charge on any atom is -0.493 e. The number of hydrogen-bond acceptors (Lipinski definition) is 5. The first-order chi connectivity index (χ1) is 12.2. The van der Waals surface area contributed by atoms with Gasteiger partial charge in [-0.05, 0) is 25.5 Å². The minimum atomic E-state index is 0. The van der Waals surface area contributed by atoms with Crippen LogP contribution >= 0.6 is 35.3 Å². The van der Waals surface area contributed by atoms with E-state index in [0.717, 1.165) is 36.5 Å². The molecule has 6 nitrogen and oxygen atoms in total. The van der Waals surface area contributed by atoms with E-state index in [2.05, 4.69) is 32.9 Å². The molecule has 0 atom stereocenters. The number of ether oxygens (including phenoxy) is 2. The van der Waals surface area contributed by atoms with Crippen molar-refractivity contribution in [1.29, 1.82) is 0 Å². The van der Waals surface area contributed by atoms with Crippen LogP contribution in [0.25, 0.3) is 0 Å². The number of nitrogens with zero attached hydrogens (tertiary/aromatic N) is 2. The zero-order valence-electron chi connectivity index (χ0n) is 15.7. The van der Waals surface area contributed by atoms with Gasteiger partial charge in [0.2, 0.25) is 0 Å². The SMILES string of the molecule is CCOc1ccc(NC(=NC)NCCc2csc(CC)n2)cc1OC.I. The first kappa shape index (κ1) is 22.5. The second-order valence-electron chi connectivity index (χ2n) is 5.26. The Morgan fingerprint density at radius 2 is 2.08 bits per heavy atom. The Morgan fingerprint density at radius 1 is 1.27 bits per heavy atom. The van der Waals surface area contributed by atoms with Crippen LogP contribution in [-0.4, -0.2) is 38.3 Å². The van der Waals surface area contributed by atoms with E-state index < -0.39 is 0 Å². The highest BCUT2D eigenvalue weighted by atomic mass is 127. The molecule has 1 aromatic heterocycles. The summed E-state index contributed by atoms with van der Waals surface area (Å²) >= 11 is 1.72. The molecule has 0 spiro atoms. The fourth-order valence-corrected chi connectivity index (χ4v) is 3.05. The van der Waals surface area contributed by atoms with Crippen molar-refractivity contribution in [3.05, 3.63) is 34.3 Å². The van der Waals surface area contributed by atoms with Gasteiger partial charge < -0.3 is 20.1 Å². The molecule has 2 N–H and O–H groups in total. The molecular weight excluding hydrogens is 463 g/mol. The van der Waals surface area contributed by atoms with Crippen molar-refractivity contribution >= 4 is 47.0 Å². The number of guanidine groups is 1. The molecule has 1 heterocycles. The molecule has 2 rings (SSSR count). The molecular formula is C18H27IN4O2S. The number of methoxy groups -OCH3 is 1. The molecule has 144 valence electrons. The molecule has 26 heavy (non-hydrogen) atoms.